The van der Waals surface area contributed by atoms with Crippen molar-refractivity contribution in [3.05, 3.63) is 89.2 Å². The van der Waals surface area contributed by atoms with Crippen LogP contribution >= 0.6 is 0 Å². The summed E-state index contributed by atoms with van der Waals surface area (Å²) >= 11 is 0. The lowest BCUT2D eigenvalue weighted by atomic mass is 9.76. The van der Waals surface area contributed by atoms with E-state index < -0.39 is 52.9 Å². The molecule has 1 spiro atoms. The SMILES string of the molecule is CCOC(=O)c1ccc(N2C(=O)[C@H]3[C@@H](Cc4ccc(O)cc4)[NH2+][C@@]4(C(=O)Nc5ccc(F)cc54)[C@H]3C2=O)cc1. The molecule has 3 aliphatic rings. The minimum atomic E-state index is -1.53. The molecule has 6 rings (SSSR count). The molecule has 4 N–H and O–H groups in total. The van der Waals surface area contributed by atoms with E-state index in [1.165, 1.54) is 54.6 Å². The highest BCUT2D eigenvalue weighted by atomic mass is 19.1. The van der Waals surface area contributed by atoms with Gasteiger partial charge in [0.15, 0.2) is 0 Å². The van der Waals surface area contributed by atoms with Gasteiger partial charge in [-0.3, -0.25) is 14.4 Å². The number of nitrogens with two attached hydrogens (primary N) is 1. The molecular formula is C29H25FN3O6+. The van der Waals surface area contributed by atoms with Crippen LogP contribution < -0.4 is 15.5 Å². The van der Waals surface area contributed by atoms with Crippen molar-refractivity contribution in [3.63, 3.8) is 0 Å². The van der Waals surface area contributed by atoms with Crippen LogP contribution in [0, 0.1) is 17.7 Å². The maximum absolute atomic E-state index is 14.4. The Kier molecular flexibility index (Phi) is 5.72. The number of rotatable bonds is 5. The minimum absolute atomic E-state index is 0.0904. The third-order valence-electron chi connectivity index (χ3n) is 7.88. The van der Waals surface area contributed by atoms with Gasteiger partial charge in [-0.05, 0) is 67.1 Å². The number of phenols is 1. The topological polar surface area (TPSA) is 130 Å². The number of ether oxygens (including phenoxy) is 1. The number of nitrogens with zero attached hydrogens (tertiary/aromatic N) is 1. The fourth-order valence-corrected chi connectivity index (χ4v) is 6.24. The molecule has 2 saturated heterocycles. The minimum Gasteiger partial charge on any atom is -0.508 e. The van der Waals surface area contributed by atoms with Crippen molar-refractivity contribution in [2.24, 2.45) is 11.8 Å². The standard InChI is InChI=1S/C29H24FN3O6/c1-2-39-27(37)16-5-8-18(9-6-16)33-25(35)23-22(13-15-3-10-19(34)11-4-15)32-29(24(23)26(33)36)20-14-17(30)7-12-21(20)31-28(29)38/h3-12,14,22-24,32,34H,2,13H2,1H3,(H,31,38)/p+1/t22-,23+,24-,29-/m1/s1. The van der Waals surface area contributed by atoms with Gasteiger partial charge in [0.25, 0.3) is 5.91 Å². The summed E-state index contributed by atoms with van der Waals surface area (Å²) in [6.45, 7) is 1.90. The molecule has 9 nitrogen and oxygen atoms in total. The zero-order valence-electron chi connectivity index (χ0n) is 20.9. The maximum atomic E-state index is 14.4. The van der Waals surface area contributed by atoms with Gasteiger partial charge in [-0.25, -0.2) is 14.1 Å². The van der Waals surface area contributed by atoms with E-state index in [2.05, 4.69) is 5.32 Å². The molecule has 3 heterocycles. The number of fused-ring (bicyclic) bond motifs is 4. The molecule has 3 aliphatic heterocycles. The number of carbonyl (C=O) groups is 4. The van der Waals surface area contributed by atoms with Crippen LogP contribution in [0.1, 0.15) is 28.4 Å². The van der Waals surface area contributed by atoms with Crippen LogP contribution in [0.25, 0.3) is 0 Å². The van der Waals surface area contributed by atoms with Crippen LogP contribution in [0.3, 0.4) is 0 Å². The van der Waals surface area contributed by atoms with Gasteiger partial charge >= 0.3 is 5.97 Å². The third-order valence-corrected chi connectivity index (χ3v) is 7.88. The fraction of sp³-hybridized carbons (Fsp3) is 0.241. The zero-order chi connectivity index (χ0) is 27.5. The van der Waals surface area contributed by atoms with Crippen molar-refractivity contribution in [2.75, 3.05) is 16.8 Å². The lowest BCUT2D eigenvalue weighted by molar-refractivity contribution is -0.733. The number of anilines is 2. The van der Waals surface area contributed by atoms with Crippen molar-refractivity contribution >= 4 is 35.1 Å². The zero-order valence-corrected chi connectivity index (χ0v) is 20.9. The Balaban J connectivity index is 1.43. The molecule has 3 aromatic carbocycles. The highest BCUT2D eigenvalue weighted by Gasteiger charge is 2.74. The molecule has 0 radical (unpaired) electrons. The number of halogens is 1. The summed E-state index contributed by atoms with van der Waals surface area (Å²) in [4.78, 5) is 54.7. The smallest absolute Gasteiger partial charge is 0.338 e. The van der Waals surface area contributed by atoms with Crippen LogP contribution in [0.5, 0.6) is 5.75 Å². The Morgan fingerprint density at radius 2 is 1.77 bits per heavy atom. The number of hydrogen-bond donors (Lipinski definition) is 3. The average Bonchev–Trinajstić information content (AvgIpc) is 3.50. The second kappa shape index (κ2) is 9.02. The normalized spacial score (nSPS) is 25.1. The first kappa shape index (κ1) is 24.7. The second-order valence-corrected chi connectivity index (χ2v) is 10.00. The van der Waals surface area contributed by atoms with Crippen molar-refractivity contribution in [3.8, 4) is 5.75 Å². The van der Waals surface area contributed by atoms with E-state index in [9.17, 15) is 28.7 Å². The molecule has 39 heavy (non-hydrogen) atoms. The molecule has 10 heteroatoms. The Labute approximate surface area is 222 Å². The van der Waals surface area contributed by atoms with Gasteiger partial charge in [0.1, 0.15) is 29.4 Å². The van der Waals surface area contributed by atoms with Crippen molar-refractivity contribution < 1.29 is 38.7 Å². The van der Waals surface area contributed by atoms with Crippen LogP contribution in [-0.2, 0) is 31.1 Å². The summed E-state index contributed by atoms with van der Waals surface area (Å²) in [5.41, 5.74) is 0.546. The number of phenolic OH excluding ortho intramolecular Hbond substituents is 1. The van der Waals surface area contributed by atoms with Gasteiger partial charge < -0.3 is 20.5 Å². The highest BCUT2D eigenvalue weighted by Crippen LogP contribution is 2.50. The number of imide groups is 1. The van der Waals surface area contributed by atoms with E-state index in [-0.39, 0.29) is 23.6 Å². The molecule has 0 unspecified atom stereocenters. The molecular weight excluding hydrogens is 505 g/mol. The molecule has 4 atom stereocenters. The first-order valence-electron chi connectivity index (χ1n) is 12.6. The van der Waals surface area contributed by atoms with Gasteiger partial charge in [0.05, 0.1) is 23.5 Å². The Bertz CT molecular complexity index is 1520. The number of esters is 1. The molecule has 3 amide bonds. The molecule has 3 aromatic rings. The predicted molar refractivity (Wildman–Crippen MR) is 136 cm³/mol. The van der Waals surface area contributed by atoms with Crippen LogP contribution in [-0.4, -0.2) is 41.4 Å². The van der Waals surface area contributed by atoms with Crippen LogP contribution in [0.2, 0.25) is 0 Å². The number of carbonyl (C=O) groups excluding carboxylic acids is 4. The maximum Gasteiger partial charge on any atom is 0.338 e. The quantitative estimate of drug-likeness (QED) is 0.341. The molecule has 0 saturated carbocycles. The van der Waals surface area contributed by atoms with Gasteiger partial charge in [0.2, 0.25) is 17.4 Å². The predicted octanol–water partition coefficient (Wildman–Crippen LogP) is 1.85. The first-order valence-corrected chi connectivity index (χ1v) is 12.6. The lowest BCUT2D eigenvalue weighted by Gasteiger charge is -2.26. The lowest BCUT2D eigenvalue weighted by Crippen LogP contribution is -2.99. The number of benzene rings is 3. The van der Waals surface area contributed by atoms with Gasteiger partial charge in [-0.15, -0.1) is 0 Å². The van der Waals surface area contributed by atoms with Crippen molar-refractivity contribution in [1.82, 2.24) is 0 Å². The fourth-order valence-electron chi connectivity index (χ4n) is 6.24. The van der Waals surface area contributed by atoms with E-state index in [1.807, 2.05) is 0 Å². The average molecular weight is 531 g/mol. The van der Waals surface area contributed by atoms with Gasteiger partial charge in [0, 0.05) is 12.0 Å². The molecule has 0 bridgehead atoms. The summed E-state index contributed by atoms with van der Waals surface area (Å²) in [7, 11) is 0. The Morgan fingerprint density at radius 1 is 1.05 bits per heavy atom. The van der Waals surface area contributed by atoms with Crippen molar-refractivity contribution in [1.29, 1.82) is 0 Å². The number of hydrogen-bond acceptors (Lipinski definition) is 6. The molecule has 0 aliphatic carbocycles. The Morgan fingerprint density at radius 3 is 2.46 bits per heavy atom. The summed E-state index contributed by atoms with van der Waals surface area (Å²) in [5, 5.41) is 14.2. The van der Waals surface area contributed by atoms with E-state index in [0.29, 0.717) is 17.7 Å². The number of amides is 3. The van der Waals surface area contributed by atoms with E-state index in [4.69, 9.17) is 4.74 Å². The highest BCUT2D eigenvalue weighted by molar-refractivity contribution is 6.25. The Hall–Kier alpha value is -4.57. The number of quaternary nitrogens is 1. The summed E-state index contributed by atoms with van der Waals surface area (Å²) in [5.74, 6) is -4.46. The van der Waals surface area contributed by atoms with E-state index >= 15 is 0 Å². The monoisotopic (exact) mass is 530 g/mol. The van der Waals surface area contributed by atoms with Gasteiger partial charge in [-0.1, -0.05) is 12.1 Å². The van der Waals surface area contributed by atoms with Gasteiger partial charge in [-0.2, -0.15) is 0 Å². The summed E-state index contributed by atoms with van der Waals surface area (Å²) in [6, 6.07) is 15.9. The summed E-state index contributed by atoms with van der Waals surface area (Å²) in [6.07, 6.45) is 0.329. The molecule has 0 aromatic heterocycles. The number of aromatic hydroxyl groups is 1. The van der Waals surface area contributed by atoms with Crippen molar-refractivity contribution in [2.45, 2.75) is 24.9 Å². The van der Waals surface area contributed by atoms with E-state index in [1.54, 1.807) is 24.4 Å². The number of nitrogens with one attached hydrogen (secondary N) is 1. The summed E-state index contributed by atoms with van der Waals surface area (Å²) < 4.78 is 19.5. The van der Waals surface area contributed by atoms with Crippen LogP contribution in [0.15, 0.2) is 66.7 Å². The first-order chi connectivity index (χ1) is 18.7. The largest absolute Gasteiger partial charge is 0.508 e. The van der Waals surface area contributed by atoms with E-state index in [0.717, 1.165) is 10.5 Å². The van der Waals surface area contributed by atoms with Crippen LogP contribution in [0.4, 0.5) is 15.8 Å². The third kappa shape index (κ3) is 3.70. The second-order valence-electron chi connectivity index (χ2n) is 10.00. The molecule has 198 valence electrons. The molecule has 2 fully saturated rings.